The van der Waals surface area contributed by atoms with Crippen molar-refractivity contribution in [2.24, 2.45) is 22.7 Å². The molecule has 0 aromatic carbocycles. The van der Waals surface area contributed by atoms with E-state index in [-0.39, 0.29) is 17.1 Å². The SMILES string of the molecule is CN(C[CH]C(C)(C)C)Cc1cn(C2CCCCO2)nc1C1CCC(COCCC2CCOCC2)(COCCC2CCOCC2)CC1. The topological polar surface area (TPSA) is 67.2 Å². The van der Waals surface area contributed by atoms with E-state index in [1.807, 2.05) is 0 Å². The highest BCUT2D eigenvalue weighted by Gasteiger charge is 2.38. The Morgan fingerprint density at radius 2 is 1.48 bits per heavy atom. The van der Waals surface area contributed by atoms with Gasteiger partial charge in [0.1, 0.15) is 6.23 Å². The number of ether oxygens (including phenoxy) is 5. The lowest BCUT2D eigenvalue weighted by Crippen LogP contribution is -2.37. The average molecular weight is 645 g/mol. The molecule has 4 aliphatic rings. The largest absolute Gasteiger partial charge is 0.381 e. The van der Waals surface area contributed by atoms with Crippen LogP contribution in [0.4, 0.5) is 0 Å². The molecule has 3 saturated heterocycles. The molecule has 0 amide bonds. The second kappa shape index (κ2) is 18.1. The van der Waals surface area contributed by atoms with Gasteiger partial charge in [-0.05, 0) is 114 Å². The molecule has 4 heterocycles. The third-order valence-corrected chi connectivity index (χ3v) is 11.0. The van der Waals surface area contributed by atoms with Gasteiger partial charge in [-0.1, -0.05) is 20.8 Å². The average Bonchev–Trinajstić information content (AvgIpc) is 3.49. The van der Waals surface area contributed by atoms with E-state index in [1.54, 1.807) is 0 Å². The lowest BCUT2D eigenvalue weighted by Gasteiger charge is -2.40. The number of hydrogen-bond donors (Lipinski definition) is 0. The summed E-state index contributed by atoms with van der Waals surface area (Å²) in [6.45, 7) is 16.5. The van der Waals surface area contributed by atoms with Crippen molar-refractivity contribution in [3.05, 3.63) is 23.9 Å². The third-order valence-electron chi connectivity index (χ3n) is 11.0. The molecule has 1 aromatic heterocycles. The van der Waals surface area contributed by atoms with Crippen molar-refractivity contribution in [2.75, 3.05) is 73.1 Å². The van der Waals surface area contributed by atoms with Gasteiger partial charge in [0.25, 0.3) is 0 Å². The molecule has 0 N–H and O–H groups in total. The van der Waals surface area contributed by atoms with Gasteiger partial charge in [-0.15, -0.1) is 0 Å². The van der Waals surface area contributed by atoms with Gasteiger partial charge in [-0.3, -0.25) is 0 Å². The van der Waals surface area contributed by atoms with Crippen molar-refractivity contribution in [3.8, 4) is 0 Å². The second-order valence-corrected chi connectivity index (χ2v) is 16.2. The first-order valence-corrected chi connectivity index (χ1v) is 18.8. The number of aromatic nitrogens is 2. The number of rotatable bonds is 16. The quantitative estimate of drug-likeness (QED) is 0.172. The van der Waals surface area contributed by atoms with Gasteiger partial charge in [0.2, 0.25) is 0 Å². The molecule has 1 unspecified atom stereocenters. The van der Waals surface area contributed by atoms with Crippen molar-refractivity contribution < 1.29 is 23.7 Å². The van der Waals surface area contributed by atoms with E-state index in [4.69, 9.17) is 28.8 Å². The number of nitrogens with zero attached hydrogens (tertiary/aromatic N) is 3. The molecular weight excluding hydrogens is 578 g/mol. The fourth-order valence-corrected chi connectivity index (χ4v) is 7.76. The molecule has 8 heteroatoms. The van der Waals surface area contributed by atoms with Crippen LogP contribution >= 0.6 is 0 Å². The van der Waals surface area contributed by atoms with Gasteiger partial charge < -0.3 is 28.6 Å². The first-order chi connectivity index (χ1) is 22.3. The summed E-state index contributed by atoms with van der Waals surface area (Å²) in [5.41, 5.74) is 2.97. The standard InChI is InChI=1S/C38H66N3O5/c1-37(2,3)18-19-40(4)27-34-28-41(35-7-5-6-20-46-35)39-36(34)33-8-16-38(17-9-33,29-44-25-14-31-10-21-42-22-11-31)30-45-26-15-32-12-23-43-24-13-32/h18,28,31-33,35H,5-17,19-27,29-30H2,1-4H3. The van der Waals surface area contributed by atoms with Crippen LogP contribution in [0.5, 0.6) is 0 Å². The Kier molecular flexibility index (Phi) is 14.3. The molecular formula is C38H66N3O5. The molecule has 8 nitrogen and oxygen atoms in total. The lowest BCUT2D eigenvalue weighted by atomic mass is 9.70. The van der Waals surface area contributed by atoms with E-state index < -0.39 is 0 Å². The Morgan fingerprint density at radius 1 is 0.870 bits per heavy atom. The fraction of sp³-hybridized carbons (Fsp3) is 0.895. The normalized spacial score (nSPS) is 24.2. The molecule has 46 heavy (non-hydrogen) atoms. The summed E-state index contributed by atoms with van der Waals surface area (Å²) in [4.78, 5) is 2.43. The summed E-state index contributed by atoms with van der Waals surface area (Å²) in [5, 5.41) is 5.29. The van der Waals surface area contributed by atoms with Gasteiger partial charge in [0.05, 0.1) is 18.9 Å². The summed E-state index contributed by atoms with van der Waals surface area (Å²) in [7, 11) is 2.24. The van der Waals surface area contributed by atoms with Gasteiger partial charge in [-0.25, -0.2) is 4.68 Å². The predicted molar refractivity (Wildman–Crippen MR) is 183 cm³/mol. The fourth-order valence-electron chi connectivity index (χ4n) is 7.76. The lowest BCUT2D eigenvalue weighted by molar-refractivity contribution is -0.0532. The van der Waals surface area contributed by atoms with Crippen molar-refractivity contribution in [1.29, 1.82) is 0 Å². The van der Waals surface area contributed by atoms with Crippen molar-refractivity contribution >= 4 is 0 Å². The minimum atomic E-state index is 0.0728. The minimum absolute atomic E-state index is 0.0728. The predicted octanol–water partition coefficient (Wildman–Crippen LogP) is 7.57. The van der Waals surface area contributed by atoms with Crippen LogP contribution in [0, 0.1) is 29.1 Å². The minimum Gasteiger partial charge on any atom is -0.381 e. The zero-order valence-electron chi connectivity index (χ0n) is 29.8. The van der Waals surface area contributed by atoms with Crippen molar-refractivity contribution in [1.82, 2.24) is 14.7 Å². The Bertz CT molecular complexity index is 955. The Morgan fingerprint density at radius 3 is 2.02 bits per heavy atom. The second-order valence-electron chi connectivity index (χ2n) is 16.2. The van der Waals surface area contributed by atoms with Crippen LogP contribution in [0.15, 0.2) is 6.20 Å². The highest BCUT2D eigenvalue weighted by molar-refractivity contribution is 5.23. The van der Waals surface area contributed by atoms with E-state index in [2.05, 4.69) is 50.0 Å². The van der Waals surface area contributed by atoms with Crippen LogP contribution in [0.25, 0.3) is 0 Å². The van der Waals surface area contributed by atoms with Gasteiger partial charge in [-0.2, -0.15) is 5.10 Å². The molecule has 1 atom stereocenters. The highest BCUT2D eigenvalue weighted by atomic mass is 16.5. The molecule has 0 bridgehead atoms. The van der Waals surface area contributed by atoms with Crippen LogP contribution in [0.1, 0.15) is 128 Å². The Balaban J connectivity index is 1.21. The van der Waals surface area contributed by atoms with Gasteiger partial charge >= 0.3 is 0 Å². The molecule has 3 aliphatic heterocycles. The Labute approximate surface area is 280 Å². The van der Waals surface area contributed by atoms with Gasteiger partial charge in [0, 0.05) is 82.4 Å². The molecule has 1 aromatic rings. The van der Waals surface area contributed by atoms with Gasteiger partial charge in [0.15, 0.2) is 0 Å². The zero-order chi connectivity index (χ0) is 32.2. The molecule has 263 valence electrons. The number of hydrogen-bond acceptors (Lipinski definition) is 7. The molecule has 1 saturated carbocycles. The van der Waals surface area contributed by atoms with Crippen LogP contribution in [-0.2, 0) is 30.2 Å². The van der Waals surface area contributed by atoms with Crippen LogP contribution in [-0.4, -0.2) is 87.7 Å². The summed E-state index contributed by atoms with van der Waals surface area (Å²) in [5.74, 6) is 1.96. The smallest absolute Gasteiger partial charge is 0.150 e. The summed E-state index contributed by atoms with van der Waals surface area (Å²) >= 11 is 0. The highest BCUT2D eigenvalue weighted by Crippen LogP contribution is 2.45. The van der Waals surface area contributed by atoms with Crippen LogP contribution < -0.4 is 0 Å². The third kappa shape index (κ3) is 11.5. The summed E-state index contributed by atoms with van der Waals surface area (Å²) < 4.78 is 32.5. The summed E-state index contributed by atoms with van der Waals surface area (Å²) in [6, 6.07) is 0. The molecule has 1 radical (unpaired) electrons. The first-order valence-electron chi connectivity index (χ1n) is 18.8. The van der Waals surface area contributed by atoms with E-state index in [9.17, 15) is 0 Å². The zero-order valence-corrected chi connectivity index (χ0v) is 29.8. The molecule has 1 aliphatic carbocycles. The van der Waals surface area contributed by atoms with E-state index >= 15 is 0 Å². The van der Waals surface area contributed by atoms with Crippen molar-refractivity contribution in [3.63, 3.8) is 0 Å². The maximum Gasteiger partial charge on any atom is 0.150 e. The summed E-state index contributed by atoms with van der Waals surface area (Å²) in [6.07, 6.45) is 19.8. The Hall–Kier alpha value is -1.03. The van der Waals surface area contributed by atoms with E-state index in [0.717, 1.165) is 136 Å². The van der Waals surface area contributed by atoms with Crippen LogP contribution in [0.3, 0.4) is 0 Å². The molecule has 0 spiro atoms. The van der Waals surface area contributed by atoms with E-state index in [0.29, 0.717) is 5.92 Å². The maximum absolute atomic E-state index is 6.50. The van der Waals surface area contributed by atoms with Crippen LogP contribution in [0.2, 0.25) is 0 Å². The first kappa shape index (κ1) is 36.3. The van der Waals surface area contributed by atoms with Crippen molar-refractivity contribution in [2.45, 2.75) is 123 Å². The van der Waals surface area contributed by atoms with E-state index in [1.165, 1.54) is 43.4 Å². The maximum atomic E-state index is 6.50. The molecule has 5 rings (SSSR count). The molecule has 4 fully saturated rings. The monoisotopic (exact) mass is 645 g/mol.